The predicted octanol–water partition coefficient (Wildman–Crippen LogP) is 0.826. The highest BCUT2D eigenvalue weighted by atomic mass is 15.3. The molecule has 20 heavy (non-hydrogen) atoms. The van der Waals surface area contributed by atoms with Crippen LogP contribution in [0.15, 0.2) is 0 Å². The molecule has 0 aromatic carbocycles. The lowest BCUT2D eigenvalue weighted by Crippen LogP contribution is -2.61. The molecule has 0 amide bonds. The van der Waals surface area contributed by atoms with Gasteiger partial charge < -0.3 is 10.6 Å². The van der Waals surface area contributed by atoms with Crippen molar-refractivity contribution in [3.8, 4) is 0 Å². The average molecular weight is 280 g/mol. The topological polar surface area (TPSA) is 35.7 Å². The summed E-state index contributed by atoms with van der Waals surface area (Å²) >= 11 is 0. The smallest absolute Gasteiger partial charge is 0.0498 e. The highest BCUT2D eigenvalue weighted by Crippen LogP contribution is 2.41. The van der Waals surface area contributed by atoms with E-state index in [1.54, 1.807) is 0 Å². The van der Waals surface area contributed by atoms with Crippen molar-refractivity contribution < 1.29 is 0 Å². The van der Waals surface area contributed by atoms with Crippen molar-refractivity contribution in [3.05, 3.63) is 0 Å². The van der Waals surface area contributed by atoms with Gasteiger partial charge in [-0.05, 0) is 71.8 Å². The molecule has 3 aliphatic heterocycles. The Labute approximate surface area is 124 Å². The largest absolute Gasteiger partial charge is 0.329 e. The van der Waals surface area contributed by atoms with E-state index in [2.05, 4.69) is 28.8 Å². The van der Waals surface area contributed by atoms with Gasteiger partial charge >= 0.3 is 0 Å². The Kier molecular flexibility index (Phi) is 4.37. The maximum atomic E-state index is 6.29. The third-order valence-corrected chi connectivity index (χ3v) is 6.04. The third-order valence-electron chi connectivity index (χ3n) is 6.04. The van der Waals surface area contributed by atoms with E-state index in [1.165, 1.54) is 64.8 Å². The molecule has 3 rings (SSSR count). The summed E-state index contributed by atoms with van der Waals surface area (Å²) in [7, 11) is 4.39. The molecule has 4 heteroatoms. The first-order valence-corrected chi connectivity index (χ1v) is 8.49. The normalized spacial score (nSPS) is 36.9. The lowest BCUT2D eigenvalue weighted by Gasteiger charge is -2.48. The van der Waals surface area contributed by atoms with Crippen LogP contribution in [0.2, 0.25) is 0 Å². The molecule has 0 aromatic rings. The van der Waals surface area contributed by atoms with Gasteiger partial charge in [-0.25, -0.2) is 0 Å². The Morgan fingerprint density at radius 1 is 1.10 bits per heavy atom. The average Bonchev–Trinajstić information content (AvgIpc) is 3.01. The van der Waals surface area contributed by atoms with Gasteiger partial charge in [0.25, 0.3) is 0 Å². The van der Waals surface area contributed by atoms with Gasteiger partial charge in [0, 0.05) is 31.2 Å². The molecule has 0 aliphatic carbocycles. The fraction of sp³-hybridized carbons (Fsp3) is 1.00. The summed E-state index contributed by atoms with van der Waals surface area (Å²) in [6.07, 6.45) is 6.75. The van der Waals surface area contributed by atoms with Crippen molar-refractivity contribution in [1.82, 2.24) is 14.7 Å². The minimum absolute atomic E-state index is 0.305. The Bertz CT molecular complexity index is 324. The van der Waals surface area contributed by atoms with E-state index >= 15 is 0 Å². The quantitative estimate of drug-likeness (QED) is 0.827. The molecule has 2 unspecified atom stereocenters. The summed E-state index contributed by atoms with van der Waals surface area (Å²) in [6, 6.07) is 0.748. The van der Waals surface area contributed by atoms with Gasteiger partial charge in [-0.1, -0.05) is 0 Å². The number of rotatable bonds is 4. The van der Waals surface area contributed by atoms with Gasteiger partial charge in [0.2, 0.25) is 0 Å². The number of nitrogens with zero attached hydrogens (tertiary/aromatic N) is 3. The number of hydrogen-bond acceptors (Lipinski definition) is 4. The first kappa shape index (κ1) is 14.8. The van der Waals surface area contributed by atoms with Gasteiger partial charge in [0.1, 0.15) is 0 Å². The standard InChI is InChI=1S/C16H32N4/c1-18(2)12-14-5-9-20(10-6-14)16(13-17)7-11-19-8-3-4-15(16)19/h14-15H,3-13,17H2,1-2H3. The molecule has 3 saturated heterocycles. The van der Waals surface area contributed by atoms with E-state index in [0.717, 1.165) is 18.5 Å². The van der Waals surface area contributed by atoms with Crippen molar-refractivity contribution in [3.63, 3.8) is 0 Å². The zero-order valence-electron chi connectivity index (χ0n) is 13.4. The van der Waals surface area contributed by atoms with Gasteiger partial charge in [0.15, 0.2) is 0 Å². The number of fused-ring (bicyclic) bond motifs is 1. The van der Waals surface area contributed by atoms with Crippen molar-refractivity contribution in [1.29, 1.82) is 0 Å². The summed E-state index contributed by atoms with van der Waals surface area (Å²) in [4.78, 5) is 7.82. The summed E-state index contributed by atoms with van der Waals surface area (Å²) in [6.45, 7) is 7.22. The highest BCUT2D eigenvalue weighted by molar-refractivity contribution is 5.10. The van der Waals surface area contributed by atoms with Crippen molar-refractivity contribution in [2.45, 2.75) is 43.7 Å². The Hall–Kier alpha value is -0.160. The SMILES string of the molecule is CN(C)CC1CCN(C2(CN)CCN3CCCC32)CC1. The lowest BCUT2D eigenvalue weighted by atomic mass is 9.83. The van der Waals surface area contributed by atoms with Crippen molar-refractivity contribution in [2.24, 2.45) is 11.7 Å². The molecular formula is C16H32N4. The molecule has 116 valence electrons. The predicted molar refractivity (Wildman–Crippen MR) is 83.8 cm³/mol. The van der Waals surface area contributed by atoms with Crippen LogP contribution in [0, 0.1) is 5.92 Å². The summed E-state index contributed by atoms with van der Waals surface area (Å²) < 4.78 is 0. The fourth-order valence-electron chi connectivity index (χ4n) is 5.02. The number of piperidine rings is 1. The van der Waals surface area contributed by atoms with E-state index in [1.807, 2.05) is 0 Å². The van der Waals surface area contributed by atoms with Gasteiger partial charge in [0.05, 0.1) is 0 Å². The minimum Gasteiger partial charge on any atom is -0.329 e. The Balaban J connectivity index is 1.64. The Morgan fingerprint density at radius 2 is 1.85 bits per heavy atom. The van der Waals surface area contributed by atoms with Crippen LogP contribution in [0.5, 0.6) is 0 Å². The van der Waals surface area contributed by atoms with Crippen molar-refractivity contribution in [2.75, 3.05) is 53.4 Å². The molecule has 3 aliphatic rings. The molecular weight excluding hydrogens is 248 g/mol. The second-order valence-electron chi connectivity index (χ2n) is 7.44. The molecule has 3 fully saturated rings. The summed E-state index contributed by atoms with van der Waals surface area (Å²) in [5, 5.41) is 0. The van der Waals surface area contributed by atoms with Crippen LogP contribution in [-0.2, 0) is 0 Å². The van der Waals surface area contributed by atoms with Crippen LogP contribution in [0.25, 0.3) is 0 Å². The first-order valence-electron chi connectivity index (χ1n) is 8.49. The molecule has 0 aromatic heterocycles. The van der Waals surface area contributed by atoms with Crippen LogP contribution >= 0.6 is 0 Å². The molecule has 2 atom stereocenters. The lowest BCUT2D eigenvalue weighted by molar-refractivity contribution is 0.0302. The molecule has 4 nitrogen and oxygen atoms in total. The Morgan fingerprint density at radius 3 is 2.50 bits per heavy atom. The zero-order valence-corrected chi connectivity index (χ0v) is 13.4. The van der Waals surface area contributed by atoms with Crippen LogP contribution in [0.1, 0.15) is 32.1 Å². The molecule has 0 saturated carbocycles. The van der Waals surface area contributed by atoms with Gasteiger partial charge in [-0.15, -0.1) is 0 Å². The summed E-state index contributed by atoms with van der Waals surface area (Å²) in [5.41, 5.74) is 6.60. The van der Waals surface area contributed by atoms with Gasteiger partial charge in [-0.2, -0.15) is 0 Å². The van der Waals surface area contributed by atoms with Crippen LogP contribution in [-0.4, -0.2) is 79.6 Å². The molecule has 0 radical (unpaired) electrons. The minimum atomic E-state index is 0.305. The van der Waals surface area contributed by atoms with E-state index < -0.39 is 0 Å². The number of nitrogens with two attached hydrogens (primary N) is 1. The molecule has 2 N–H and O–H groups in total. The highest BCUT2D eigenvalue weighted by Gasteiger charge is 2.51. The maximum Gasteiger partial charge on any atom is 0.0498 e. The van der Waals surface area contributed by atoms with Gasteiger partial charge in [-0.3, -0.25) is 9.80 Å². The summed E-state index contributed by atoms with van der Waals surface area (Å²) in [5.74, 6) is 0.886. The number of hydrogen-bond donors (Lipinski definition) is 1. The second kappa shape index (κ2) is 5.91. The van der Waals surface area contributed by atoms with E-state index in [9.17, 15) is 0 Å². The monoisotopic (exact) mass is 280 g/mol. The number of likely N-dealkylation sites (tertiary alicyclic amines) is 1. The maximum absolute atomic E-state index is 6.29. The molecule has 0 spiro atoms. The van der Waals surface area contributed by atoms with Crippen LogP contribution < -0.4 is 5.73 Å². The van der Waals surface area contributed by atoms with E-state index in [0.29, 0.717) is 5.54 Å². The molecule has 3 heterocycles. The van der Waals surface area contributed by atoms with Crippen LogP contribution in [0.3, 0.4) is 0 Å². The fourth-order valence-corrected chi connectivity index (χ4v) is 5.02. The van der Waals surface area contributed by atoms with E-state index in [-0.39, 0.29) is 0 Å². The third kappa shape index (κ3) is 2.52. The van der Waals surface area contributed by atoms with Crippen molar-refractivity contribution >= 4 is 0 Å². The first-order chi connectivity index (χ1) is 9.65. The zero-order chi connectivity index (χ0) is 14.2. The second-order valence-corrected chi connectivity index (χ2v) is 7.44. The van der Waals surface area contributed by atoms with Crippen LogP contribution in [0.4, 0.5) is 0 Å². The van der Waals surface area contributed by atoms with E-state index in [4.69, 9.17) is 5.73 Å². The molecule has 0 bridgehead atoms.